The highest BCUT2D eigenvalue weighted by molar-refractivity contribution is 9.10. The van der Waals surface area contributed by atoms with Gasteiger partial charge in [-0.15, -0.1) is 0 Å². The van der Waals surface area contributed by atoms with Crippen molar-refractivity contribution in [2.24, 2.45) is 0 Å². The molecule has 7 heteroatoms. The van der Waals surface area contributed by atoms with Crippen LogP contribution in [0.25, 0.3) is 0 Å². The monoisotopic (exact) mass is 328 g/mol. The number of hydrogen-bond acceptors (Lipinski definition) is 2. The predicted molar refractivity (Wildman–Crippen MR) is 57.7 cm³/mol. The Hall–Kier alpha value is -0.660. The van der Waals surface area contributed by atoms with E-state index in [-0.39, 0.29) is 0 Å². The molecule has 1 heterocycles. The van der Waals surface area contributed by atoms with E-state index in [4.69, 9.17) is 9.47 Å². The summed E-state index contributed by atoms with van der Waals surface area (Å²) in [6.45, 7) is -0.0812. The third-order valence-electron chi connectivity index (χ3n) is 2.60. The first-order valence-electron chi connectivity index (χ1n) is 5.26. The van der Waals surface area contributed by atoms with Crippen LogP contribution in [0, 0.1) is 23.3 Å². The molecule has 1 fully saturated rings. The summed E-state index contributed by atoms with van der Waals surface area (Å²) in [5.74, 6) is -5.86. The normalized spacial score (nSPS) is 19.5. The Morgan fingerprint density at radius 3 is 2.22 bits per heavy atom. The van der Waals surface area contributed by atoms with Crippen molar-refractivity contribution < 1.29 is 27.0 Å². The van der Waals surface area contributed by atoms with Gasteiger partial charge in [0.1, 0.15) is 0 Å². The third-order valence-corrected chi connectivity index (χ3v) is 3.30. The molecule has 2 nitrogen and oxygen atoms in total. The molecule has 0 saturated carbocycles. The fraction of sp³-hybridized carbons (Fsp3) is 0.455. The molecular weight excluding hydrogens is 320 g/mol. The molecule has 18 heavy (non-hydrogen) atoms. The first-order valence-corrected chi connectivity index (χ1v) is 6.05. The lowest BCUT2D eigenvalue weighted by molar-refractivity contribution is -0.120. The Morgan fingerprint density at radius 1 is 1.11 bits per heavy atom. The van der Waals surface area contributed by atoms with Gasteiger partial charge in [-0.1, -0.05) is 0 Å². The second-order valence-corrected chi connectivity index (χ2v) is 4.60. The maximum Gasteiger partial charge on any atom is 0.176 e. The second kappa shape index (κ2) is 5.54. The maximum absolute atomic E-state index is 13.4. The van der Waals surface area contributed by atoms with Crippen LogP contribution in [0.1, 0.15) is 18.4 Å². The van der Waals surface area contributed by atoms with Gasteiger partial charge < -0.3 is 9.47 Å². The van der Waals surface area contributed by atoms with Crippen LogP contribution >= 0.6 is 15.9 Å². The molecule has 1 atom stereocenters. The van der Waals surface area contributed by atoms with Crippen molar-refractivity contribution in [3.63, 3.8) is 0 Å². The first kappa shape index (κ1) is 13.8. The van der Waals surface area contributed by atoms with E-state index < -0.39 is 46.2 Å². The lowest BCUT2D eigenvalue weighted by atomic mass is 10.2. The van der Waals surface area contributed by atoms with Crippen molar-refractivity contribution in [1.82, 2.24) is 0 Å². The average Bonchev–Trinajstić information content (AvgIpc) is 2.87. The zero-order chi connectivity index (χ0) is 13.3. The minimum Gasteiger partial charge on any atom is -0.353 e. The van der Waals surface area contributed by atoms with Gasteiger partial charge in [0.05, 0.1) is 16.6 Å². The van der Waals surface area contributed by atoms with E-state index >= 15 is 0 Å². The molecular formula is C11H9BrF4O2. The summed E-state index contributed by atoms with van der Waals surface area (Å²) in [7, 11) is 0. The molecule has 0 aromatic heterocycles. The molecule has 0 bridgehead atoms. The Bertz CT molecular complexity index is 432. The van der Waals surface area contributed by atoms with Crippen LogP contribution in [-0.2, 0) is 16.1 Å². The van der Waals surface area contributed by atoms with Crippen LogP contribution < -0.4 is 0 Å². The van der Waals surface area contributed by atoms with E-state index in [1.54, 1.807) is 0 Å². The molecule has 1 aromatic carbocycles. The quantitative estimate of drug-likeness (QED) is 0.479. The Labute approximate surface area is 109 Å². The highest BCUT2D eigenvalue weighted by Gasteiger charge is 2.25. The topological polar surface area (TPSA) is 18.5 Å². The summed E-state index contributed by atoms with van der Waals surface area (Å²) < 4.78 is 62.6. The van der Waals surface area contributed by atoms with Crippen molar-refractivity contribution in [2.75, 3.05) is 6.61 Å². The minimum absolute atomic E-state index is 0.499. The third kappa shape index (κ3) is 2.53. The number of hydrogen-bond donors (Lipinski definition) is 0. The van der Waals surface area contributed by atoms with Gasteiger partial charge in [-0.2, -0.15) is 0 Å². The SMILES string of the molecule is Fc1c(F)c(COC2CCCO2)c(F)c(F)c1Br. The van der Waals surface area contributed by atoms with Crippen LogP contribution in [-0.4, -0.2) is 12.9 Å². The molecule has 1 aliphatic rings. The van der Waals surface area contributed by atoms with Crippen LogP contribution in [0.3, 0.4) is 0 Å². The summed E-state index contributed by atoms with van der Waals surface area (Å²) in [6.07, 6.45) is 0.780. The standard InChI is InChI=1S/C11H9BrF4O2/c12-7-10(15)8(13)5(9(14)11(7)16)4-18-6-2-1-3-17-6/h6H,1-4H2. The molecule has 100 valence electrons. The largest absolute Gasteiger partial charge is 0.353 e. The zero-order valence-electron chi connectivity index (χ0n) is 9.11. The molecule has 0 aliphatic carbocycles. The van der Waals surface area contributed by atoms with Gasteiger partial charge >= 0.3 is 0 Å². The highest BCUT2D eigenvalue weighted by Crippen LogP contribution is 2.29. The van der Waals surface area contributed by atoms with E-state index in [0.29, 0.717) is 13.0 Å². The maximum atomic E-state index is 13.4. The molecule has 1 saturated heterocycles. The highest BCUT2D eigenvalue weighted by atomic mass is 79.9. The summed E-state index contributed by atoms with van der Waals surface area (Å²) >= 11 is 2.44. The van der Waals surface area contributed by atoms with Crippen molar-refractivity contribution in [1.29, 1.82) is 0 Å². The molecule has 0 spiro atoms. The van der Waals surface area contributed by atoms with E-state index in [2.05, 4.69) is 15.9 Å². The van der Waals surface area contributed by atoms with Gasteiger partial charge in [0.15, 0.2) is 29.6 Å². The van der Waals surface area contributed by atoms with Crippen molar-refractivity contribution in [3.8, 4) is 0 Å². The first-order chi connectivity index (χ1) is 8.52. The van der Waals surface area contributed by atoms with Gasteiger partial charge in [0.2, 0.25) is 0 Å². The van der Waals surface area contributed by atoms with E-state index in [1.165, 1.54) is 0 Å². The summed E-state index contributed by atoms with van der Waals surface area (Å²) in [5, 5.41) is 0. The molecule has 2 rings (SSSR count). The molecule has 0 radical (unpaired) electrons. The van der Waals surface area contributed by atoms with Crippen molar-refractivity contribution in [2.45, 2.75) is 25.7 Å². The van der Waals surface area contributed by atoms with Crippen LogP contribution in [0.4, 0.5) is 17.6 Å². The zero-order valence-corrected chi connectivity index (χ0v) is 10.7. The number of rotatable bonds is 3. The Kier molecular flexibility index (Phi) is 4.24. The second-order valence-electron chi connectivity index (χ2n) is 3.80. The summed E-state index contributed by atoms with van der Waals surface area (Å²) in [6, 6.07) is 0. The average molecular weight is 329 g/mol. The molecule has 0 N–H and O–H groups in total. The smallest absolute Gasteiger partial charge is 0.176 e. The predicted octanol–water partition coefficient (Wildman–Crippen LogP) is 3.66. The van der Waals surface area contributed by atoms with E-state index in [0.717, 1.165) is 6.42 Å². The van der Waals surface area contributed by atoms with Gasteiger partial charge in [0.25, 0.3) is 0 Å². The van der Waals surface area contributed by atoms with Gasteiger partial charge in [-0.25, -0.2) is 17.6 Å². The van der Waals surface area contributed by atoms with Crippen LogP contribution in [0.5, 0.6) is 0 Å². The number of benzene rings is 1. The molecule has 1 unspecified atom stereocenters. The molecule has 0 amide bonds. The van der Waals surface area contributed by atoms with Gasteiger partial charge in [0, 0.05) is 13.0 Å². The fourth-order valence-corrected chi connectivity index (χ4v) is 1.98. The van der Waals surface area contributed by atoms with E-state index in [1.807, 2.05) is 0 Å². The van der Waals surface area contributed by atoms with Crippen molar-refractivity contribution >= 4 is 15.9 Å². The van der Waals surface area contributed by atoms with Crippen LogP contribution in [0.15, 0.2) is 4.47 Å². The van der Waals surface area contributed by atoms with Gasteiger partial charge in [-0.05, 0) is 22.4 Å². The Morgan fingerprint density at radius 2 is 1.72 bits per heavy atom. The van der Waals surface area contributed by atoms with Gasteiger partial charge in [-0.3, -0.25) is 0 Å². The Balaban J connectivity index is 2.21. The summed E-state index contributed by atoms with van der Waals surface area (Å²) in [4.78, 5) is 0. The van der Waals surface area contributed by atoms with E-state index in [9.17, 15) is 17.6 Å². The minimum atomic E-state index is -1.47. The number of halogens is 5. The van der Waals surface area contributed by atoms with Crippen LogP contribution in [0.2, 0.25) is 0 Å². The molecule has 1 aromatic rings. The lowest BCUT2D eigenvalue weighted by Crippen LogP contribution is -2.13. The fourth-order valence-electron chi connectivity index (χ4n) is 1.63. The lowest BCUT2D eigenvalue weighted by Gasteiger charge is -2.13. The number of ether oxygens (including phenoxy) is 2. The molecule has 1 aliphatic heterocycles. The summed E-state index contributed by atoms with van der Waals surface area (Å²) in [5.41, 5.74) is -0.774. The van der Waals surface area contributed by atoms with Crippen molar-refractivity contribution in [3.05, 3.63) is 33.3 Å².